The second-order valence-electron chi connectivity index (χ2n) is 7.61. The van der Waals surface area contributed by atoms with Gasteiger partial charge in [-0.15, -0.1) is 0 Å². The molecule has 2 N–H and O–H groups in total. The van der Waals surface area contributed by atoms with E-state index in [9.17, 15) is 9.90 Å². The second-order valence-corrected chi connectivity index (χ2v) is 8.45. The smallest absolute Gasteiger partial charge is 0.329 e. The van der Waals surface area contributed by atoms with E-state index >= 15 is 0 Å². The Kier molecular flexibility index (Phi) is 5.53. The first-order chi connectivity index (χ1) is 15.9. The number of nitrogens with one attached hydrogen (secondary N) is 1. The number of nitrogens with zero attached hydrogens (tertiary/aromatic N) is 6. The van der Waals surface area contributed by atoms with E-state index in [4.69, 9.17) is 23.2 Å². The third-order valence-electron chi connectivity index (χ3n) is 5.54. The number of hydrogen-bond donors (Lipinski definition) is 2. The fourth-order valence-electron chi connectivity index (χ4n) is 3.90. The van der Waals surface area contributed by atoms with Crippen molar-refractivity contribution in [2.75, 3.05) is 11.9 Å². The molecular weight excluding hydrogens is 465 g/mol. The lowest BCUT2D eigenvalue weighted by Crippen LogP contribution is -2.32. The maximum atomic E-state index is 13.2. The van der Waals surface area contributed by atoms with Crippen molar-refractivity contribution in [2.45, 2.75) is 12.6 Å². The van der Waals surface area contributed by atoms with Crippen LogP contribution in [0, 0.1) is 0 Å². The van der Waals surface area contributed by atoms with E-state index in [0.29, 0.717) is 33.8 Å². The molecule has 33 heavy (non-hydrogen) atoms. The van der Waals surface area contributed by atoms with Crippen molar-refractivity contribution < 1.29 is 9.90 Å². The van der Waals surface area contributed by atoms with E-state index < -0.39 is 6.04 Å². The Balaban J connectivity index is 1.42. The van der Waals surface area contributed by atoms with Gasteiger partial charge in [0.1, 0.15) is 5.82 Å². The highest BCUT2D eigenvalue weighted by atomic mass is 35.5. The maximum absolute atomic E-state index is 13.2. The van der Waals surface area contributed by atoms with E-state index in [1.807, 2.05) is 12.1 Å². The summed E-state index contributed by atoms with van der Waals surface area (Å²) in [6, 6.07) is 10.1. The minimum Gasteiger partial charge on any atom is -0.394 e. The van der Waals surface area contributed by atoms with Crippen LogP contribution < -0.4 is 5.32 Å². The number of rotatable bonds is 6. The molecule has 0 unspecified atom stereocenters. The third-order valence-corrected chi connectivity index (χ3v) is 6.06. The van der Waals surface area contributed by atoms with Gasteiger partial charge in [-0.05, 0) is 23.8 Å². The average Bonchev–Trinajstić information content (AvgIpc) is 3.47. The van der Waals surface area contributed by atoms with Crippen LogP contribution in [0.3, 0.4) is 0 Å². The van der Waals surface area contributed by atoms with Gasteiger partial charge in [0, 0.05) is 35.6 Å². The highest BCUT2D eigenvalue weighted by Crippen LogP contribution is 2.34. The Morgan fingerprint density at radius 2 is 2.09 bits per heavy atom. The number of amides is 1. The lowest BCUT2D eigenvalue weighted by Gasteiger charge is -2.26. The van der Waals surface area contributed by atoms with E-state index in [2.05, 4.69) is 20.4 Å². The quantitative estimate of drug-likeness (QED) is 0.425. The summed E-state index contributed by atoms with van der Waals surface area (Å²) in [5.41, 5.74) is 2.74. The van der Waals surface area contributed by atoms with Crippen molar-refractivity contribution in [3.05, 3.63) is 76.3 Å². The van der Waals surface area contributed by atoms with Crippen LogP contribution in [0.2, 0.25) is 10.0 Å². The van der Waals surface area contributed by atoms with E-state index in [0.717, 1.165) is 17.1 Å². The molecule has 5 rings (SSSR count). The number of aliphatic hydroxyl groups is 1. The summed E-state index contributed by atoms with van der Waals surface area (Å²) >= 11 is 12.5. The number of aromatic nitrogens is 5. The molecule has 168 valence electrons. The summed E-state index contributed by atoms with van der Waals surface area (Å²) < 4.78 is 3.21. The summed E-state index contributed by atoms with van der Waals surface area (Å²) in [5.74, 6) is 1.09. The van der Waals surface area contributed by atoms with Crippen LogP contribution in [0.4, 0.5) is 16.6 Å². The van der Waals surface area contributed by atoms with Gasteiger partial charge in [-0.3, -0.25) is 9.25 Å². The molecule has 1 atom stereocenters. The SMILES string of the molecule is Cn1nccc1Nc1ncc(Cl)c(-c2cc3n(c2)C(=O)N([C@H](CO)c2cccc(Cl)c2)C3)n1. The zero-order valence-electron chi connectivity index (χ0n) is 17.5. The molecule has 9 nitrogen and oxygen atoms in total. The first-order valence-corrected chi connectivity index (χ1v) is 10.9. The zero-order chi connectivity index (χ0) is 23.1. The lowest BCUT2D eigenvalue weighted by molar-refractivity contribution is 0.141. The molecule has 0 fully saturated rings. The van der Waals surface area contributed by atoms with Gasteiger partial charge in [0.2, 0.25) is 5.95 Å². The van der Waals surface area contributed by atoms with Gasteiger partial charge in [-0.1, -0.05) is 35.3 Å². The molecule has 3 aromatic heterocycles. The third kappa shape index (κ3) is 3.95. The molecular formula is C22H19Cl2N7O2. The molecule has 4 heterocycles. The molecule has 0 bridgehead atoms. The molecule has 1 aromatic carbocycles. The molecule has 1 amide bonds. The van der Waals surface area contributed by atoms with Crippen LogP contribution in [0.25, 0.3) is 11.3 Å². The Labute approximate surface area is 199 Å². The largest absolute Gasteiger partial charge is 0.394 e. The van der Waals surface area contributed by atoms with Crippen LogP contribution >= 0.6 is 23.2 Å². The van der Waals surface area contributed by atoms with E-state index in [1.54, 1.807) is 57.9 Å². The number of hydrogen-bond acceptors (Lipinski definition) is 6. The number of aliphatic hydroxyl groups excluding tert-OH is 1. The van der Waals surface area contributed by atoms with Crippen molar-refractivity contribution in [3.63, 3.8) is 0 Å². The fraction of sp³-hybridized carbons (Fsp3) is 0.182. The van der Waals surface area contributed by atoms with Crippen LogP contribution in [0.15, 0.2) is 55.0 Å². The number of halogens is 2. The van der Waals surface area contributed by atoms with Crippen LogP contribution in [0.1, 0.15) is 17.3 Å². The molecule has 0 radical (unpaired) electrons. The first-order valence-electron chi connectivity index (χ1n) is 10.1. The molecule has 11 heteroatoms. The predicted octanol–water partition coefficient (Wildman–Crippen LogP) is 4.25. The number of carbonyl (C=O) groups excluding carboxylic acids is 1. The molecule has 0 spiro atoms. The van der Waals surface area contributed by atoms with Gasteiger partial charge in [0.05, 0.1) is 42.3 Å². The standard InChI is InChI=1S/C22H19Cl2N7O2/c1-29-19(5-6-26-29)27-21-25-9-17(24)20(28-21)14-8-16-11-31(22(33)30(16)10-14)18(12-32)13-3-2-4-15(23)7-13/h2-10,18,32H,11-12H2,1H3,(H,25,27,28)/t18-/m1/s1. The zero-order valence-corrected chi connectivity index (χ0v) is 19.0. The minimum absolute atomic E-state index is 0.218. The first kappa shape index (κ1) is 21.4. The number of aryl methyl sites for hydroxylation is 1. The Morgan fingerprint density at radius 1 is 1.24 bits per heavy atom. The van der Waals surface area contributed by atoms with Crippen molar-refractivity contribution in [3.8, 4) is 11.3 Å². The Hall–Kier alpha value is -3.40. The van der Waals surface area contributed by atoms with Crippen molar-refractivity contribution in [2.24, 2.45) is 7.05 Å². The van der Waals surface area contributed by atoms with Gasteiger partial charge in [-0.2, -0.15) is 5.10 Å². The number of anilines is 2. The van der Waals surface area contributed by atoms with Gasteiger partial charge in [0.25, 0.3) is 0 Å². The highest BCUT2D eigenvalue weighted by molar-refractivity contribution is 6.33. The number of fused-ring (bicyclic) bond motifs is 1. The van der Waals surface area contributed by atoms with Crippen LogP contribution in [0.5, 0.6) is 0 Å². The van der Waals surface area contributed by atoms with Crippen molar-refractivity contribution in [1.82, 2.24) is 29.2 Å². The van der Waals surface area contributed by atoms with Crippen LogP contribution in [-0.2, 0) is 13.6 Å². The van der Waals surface area contributed by atoms with Crippen molar-refractivity contribution >= 4 is 41.0 Å². The Bertz CT molecular complexity index is 1350. The van der Waals surface area contributed by atoms with Gasteiger partial charge in [0.15, 0.2) is 0 Å². The molecule has 4 aromatic rings. The van der Waals surface area contributed by atoms with E-state index in [-0.39, 0.29) is 12.6 Å². The van der Waals surface area contributed by atoms with Gasteiger partial charge >= 0.3 is 6.03 Å². The lowest BCUT2D eigenvalue weighted by atomic mass is 10.1. The summed E-state index contributed by atoms with van der Waals surface area (Å²) in [4.78, 5) is 23.5. The minimum atomic E-state index is -0.503. The van der Waals surface area contributed by atoms with Crippen molar-refractivity contribution in [1.29, 1.82) is 0 Å². The van der Waals surface area contributed by atoms with E-state index in [1.165, 1.54) is 6.20 Å². The molecule has 1 aliphatic rings. The second kappa shape index (κ2) is 8.51. The summed E-state index contributed by atoms with van der Waals surface area (Å²) in [6.07, 6.45) is 4.88. The molecule has 0 saturated heterocycles. The van der Waals surface area contributed by atoms with Gasteiger partial charge in [-0.25, -0.2) is 14.8 Å². The summed E-state index contributed by atoms with van der Waals surface area (Å²) in [5, 5.41) is 18.1. The summed E-state index contributed by atoms with van der Waals surface area (Å²) in [7, 11) is 1.80. The average molecular weight is 484 g/mol. The van der Waals surface area contributed by atoms with Crippen LogP contribution in [-0.4, -0.2) is 47.0 Å². The number of benzene rings is 1. The monoisotopic (exact) mass is 483 g/mol. The topological polar surface area (TPSA) is 101 Å². The molecule has 0 saturated carbocycles. The van der Waals surface area contributed by atoms with Gasteiger partial charge < -0.3 is 15.3 Å². The predicted molar refractivity (Wildman–Crippen MR) is 125 cm³/mol. The maximum Gasteiger partial charge on any atom is 0.329 e. The number of carbonyl (C=O) groups is 1. The fourth-order valence-corrected chi connectivity index (χ4v) is 4.30. The highest BCUT2D eigenvalue weighted by Gasteiger charge is 2.34. The molecule has 1 aliphatic heterocycles. The summed E-state index contributed by atoms with van der Waals surface area (Å²) in [6.45, 7) is 0.115. The Morgan fingerprint density at radius 3 is 2.79 bits per heavy atom. The normalized spacial score (nSPS) is 13.9. The molecule has 0 aliphatic carbocycles.